The van der Waals surface area contributed by atoms with Crippen LogP contribution in [0.5, 0.6) is 0 Å². The standard InChI is InChI=1S/C16H25N3O/c1-16(6-8-19(2)9-7-16)12-18-15(20)11-13-4-3-5-14(17)10-13/h3-5,10H,6-9,11-12,17H2,1-2H3,(H,18,20). The van der Waals surface area contributed by atoms with Crippen molar-refractivity contribution in [2.75, 3.05) is 32.4 Å². The van der Waals surface area contributed by atoms with E-state index in [4.69, 9.17) is 5.73 Å². The van der Waals surface area contributed by atoms with Crippen LogP contribution in [-0.2, 0) is 11.2 Å². The molecule has 1 aromatic rings. The zero-order valence-corrected chi connectivity index (χ0v) is 12.5. The molecular formula is C16H25N3O. The van der Waals surface area contributed by atoms with Gasteiger partial charge in [0.05, 0.1) is 6.42 Å². The van der Waals surface area contributed by atoms with Crippen LogP contribution in [0.15, 0.2) is 24.3 Å². The first kappa shape index (κ1) is 14.9. The van der Waals surface area contributed by atoms with Gasteiger partial charge in [-0.25, -0.2) is 0 Å². The summed E-state index contributed by atoms with van der Waals surface area (Å²) >= 11 is 0. The number of piperidine rings is 1. The molecule has 20 heavy (non-hydrogen) atoms. The molecule has 0 radical (unpaired) electrons. The molecule has 0 bridgehead atoms. The van der Waals surface area contributed by atoms with Gasteiger partial charge in [-0.15, -0.1) is 0 Å². The number of nitrogens with zero attached hydrogens (tertiary/aromatic N) is 1. The number of hydrogen-bond donors (Lipinski definition) is 2. The van der Waals surface area contributed by atoms with Gasteiger partial charge in [-0.1, -0.05) is 19.1 Å². The largest absolute Gasteiger partial charge is 0.399 e. The van der Waals surface area contributed by atoms with Gasteiger partial charge in [0.1, 0.15) is 0 Å². The first-order valence-electron chi connectivity index (χ1n) is 7.27. The molecule has 1 heterocycles. The molecule has 2 rings (SSSR count). The number of nitrogen functional groups attached to an aromatic ring is 1. The topological polar surface area (TPSA) is 58.4 Å². The van der Waals surface area contributed by atoms with Crippen LogP contribution in [0.2, 0.25) is 0 Å². The zero-order chi connectivity index (χ0) is 14.6. The molecule has 3 N–H and O–H groups in total. The minimum Gasteiger partial charge on any atom is -0.399 e. The van der Waals surface area contributed by atoms with Gasteiger partial charge in [-0.3, -0.25) is 4.79 Å². The van der Waals surface area contributed by atoms with E-state index in [2.05, 4.69) is 24.2 Å². The van der Waals surface area contributed by atoms with Gasteiger partial charge in [0.15, 0.2) is 0 Å². The maximum absolute atomic E-state index is 12.0. The minimum absolute atomic E-state index is 0.0794. The summed E-state index contributed by atoms with van der Waals surface area (Å²) < 4.78 is 0. The maximum Gasteiger partial charge on any atom is 0.224 e. The first-order chi connectivity index (χ1) is 9.47. The Labute approximate surface area is 121 Å². The first-order valence-corrected chi connectivity index (χ1v) is 7.27. The summed E-state index contributed by atoms with van der Waals surface area (Å²) in [5.41, 5.74) is 7.63. The average Bonchev–Trinajstić information content (AvgIpc) is 2.41. The molecule has 0 aliphatic carbocycles. The number of carbonyl (C=O) groups excluding carboxylic acids is 1. The van der Waals surface area contributed by atoms with Crippen molar-refractivity contribution in [1.82, 2.24) is 10.2 Å². The molecule has 0 atom stereocenters. The van der Waals surface area contributed by atoms with Gasteiger partial charge in [0.2, 0.25) is 5.91 Å². The van der Waals surface area contributed by atoms with E-state index in [1.54, 1.807) is 0 Å². The number of carbonyl (C=O) groups is 1. The summed E-state index contributed by atoms with van der Waals surface area (Å²) in [5.74, 6) is 0.0794. The van der Waals surface area contributed by atoms with Gasteiger partial charge in [0, 0.05) is 12.2 Å². The smallest absolute Gasteiger partial charge is 0.224 e. The van der Waals surface area contributed by atoms with Crippen molar-refractivity contribution in [3.05, 3.63) is 29.8 Å². The Morgan fingerprint density at radius 2 is 2.10 bits per heavy atom. The Bertz CT molecular complexity index is 465. The quantitative estimate of drug-likeness (QED) is 0.822. The number of nitrogens with one attached hydrogen (secondary N) is 1. The highest BCUT2D eigenvalue weighted by Gasteiger charge is 2.29. The van der Waals surface area contributed by atoms with Crippen LogP contribution in [0, 0.1) is 5.41 Å². The molecule has 0 saturated carbocycles. The number of benzene rings is 1. The van der Waals surface area contributed by atoms with Crippen molar-refractivity contribution in [3.63, 3.8) is 0 Å². The predicted octanol–water partition coefficient (Wildman–Crippen LogP) is 1.66. The predicted molar refractivity (Wildman–Crippen MR) is 82.4 cm³/mol. The third kappa shape index (κ3) is 4.23. The van der Waals surface area contributed by atoms with Crippen LogP contribution in [0.1, 0.15) is 25.3 Å². The number of likely N-dealkylation sites (tertiary alicyclic amines) is 1. The molecule has 1 saturated heterocycles. The van der Waals surface area contributed by atoms with Gasteiger partial charge in [-0.2, -0.15) is 0 Å². The Morgan fingerprint density at radius 3 is 2.75 bits per heavy atom. The van der Waals surface area contributed by atoms with Crippen molar-refractivity contribution in [3.8, 4) is 0 Å². The molecule has 1 fully saturated rings. The SMILES string of the molecule is CN1CCC(C)(CNC(=O)Cc2cccc(N)c2)CC1. The number of anilines is 1. The normalized spacial score (nSPS) is 18.7. The summed E-state index contributed by atoms with van der Waals surface area (Å²) in [4.78, 5) is 14.4. The van der Waals surface area contributed by atoms with E-state index < -0.39 is 0 Å². The summed E-state index contributed by atoms with van der Waals surface area (Å²) in [5, 5.41) is 3.08. The van der Waals surface area contributed by atoms with Gasteiger partial charge >= 0.3 is 0 Å². The lowest BCUT2D eigenvalue weighted by Gasteiger charge is -2.37. The van der Waals surface area contributed by atoms with Crippen LogP contribution in [0.3, 0.4) is 0 Å². The molecule has 0 unspecified atom stereocenters. The van der Waals surface area contributed by atoms with Crippen molar-refractivity contribution in [1.29, 1.82) is 0 Å². The zero-order valence-electron chi connectivity index (χ0n) is 12.5. The lowest BCUT2D eigenvalue weighted by Crippen LogP contribution is -2.43. The Hall–Kier alpha value is -1.55. The van der Waals surface area contributed by atoms with Crippen molar-refractivity contribution in [2.24, 2.45) is 5.41 Å². The van der Waals surface area contributed by atoms with Crippen LogP contribution < -0.4 is 11.1 Å². The molecular weight excluding hydrogens is 250 g/mol. The number of amides is 1. The van der Waals surface area contributed by atoms with Crippen molar-refractivity contribution in [2.45, 2.75) is 26.2 Å². The van der Waals surface area contributed by atoms with E-state index in [9.17, 15) is 4.79 Å². The third-order valence-corrected chi connectivity index (χ3v) is 4.22. The molecule has 4 heteroatoms. The second kappa shape index (κ2) is 6.27. The van der Waals surface area contributed by atoms with E-state index in [0.717, 1.165) is 38.0 Å². The number of nitrogens with two attached hydrogens (primary N) is 1. The van der Waals surface area contributed by atoms with Crippen LogP contribution in [-0.4, -0.2) is 37.5 Å². The Kier molecular flexibility index (Phi) is 4.65. The van der Waals surface area contributed by atoms with Gasteiger partial charge in [0.25, 0.3) is 0 Å². The second-order valence-corrected chi connectivity index (χ2v) is 6.31. The lowest BCUT2D eigenvalue weighted by atomic mass is 9.80. The van der Waals surface area contributed by atoms with Crippen LogP contribution in [0.25, 0.3) is 0 Å². The molecule has 110 valence electrons. The summed E-state index contributed by atoms with van der Waals surface area (Å²) in [6, 6.07) is 7.52. The lowest BCUT2D eigenvalue weighted by molar-refractivity contribution is -0.121. The van der Waals surface area contributed by atoms with E-state index >= 15 is 0 Å². The third-order valence-electron chi connectivity index (χ3n) is 4.22. The molecule has 0 aromatic heterocycles. The fourth-order valence-electron chi connectivity index (χ4n) is 2.60. The van der Waals surface area contributed by atoms with Crippen molar-refractivity contribution >= 4 is 11.6 Å². The van der Waals surface area contributed by atoms with Gasteiger partial charge < -0.3 is 16.0 Å². The fraction of sp³-hybridized carbons (Fsp3) is 0.562. The molecule has 0 spiro atoms. The average molecular weight is 275 g/mol. The highest BCUT2D eigenvalue weighted by molar-refractivity contribution is 5.78. The molecule has 1 aliphatic heterocycles. The maximum atomic E-state index is 12.0. The second-order valence-electron chi connectivity index (χ2n) is 6.31. The monoisotopic (exact) mass is 275 g/mol. The van der Waals surface area contributed by atoms with E-state index in [-0.39, 0.29) is 11.3 Å². The van der Waals surface area contributed by atoms with Gasteiger partial charge in [-0.05, 0) is 56.1 Å². The summed E-state index contributed by atoms with van der Waals surface area (Å²) in [6.45, 7) is 5.26. The van der Waals surface area contributed by atoms with Crippen LogP contribution >= 0.6 is 0 Å². The highest BCUT2D eigenvalue weighted by atomic mass is 16.1. The molecule has 4 nitrogen and oxygen atoms in total. The molecule has 1 aromatic carbocycles. The molecule has 1 aliphatic rings. The Morgan fingerprint density at radius 1 is 1.40 bits per heavy atom. The van der Waals surface area contributed by atoms with E-state index in [1.807, 2.05) is 24.3 Å². The number of hydrogen-bond acceptors (Lipinski definition) is 3. The highest BCUT2D eigenvalue weighted by Crippen LogP contribution is 2.29. The van der Waals surface area contributed by atoms with E-state index in [0.29, 0.717) is 12.1 Å². The summed E-state index contributed by atoms with van der Waals surface area (Å²) in [6.07, 6.45) is 2.69. The minimum atomic E-state index is 0.0794. The Balaban J connectivity index is 1.80. The molecule has 1 amide bonds. The van der Waals surface area contributed by atoms with E-state index in [1.165, 1.54) is 0 Å². The fourth-order valence-corrected chi connectivity index (χ4v) is 2.60. The van der Waals surface area contributed by atoms with Crippen molar-refractivity contribution < 1.29 is 4.79 Å². The summed E-state index contributed by atoms with van der Waals surface area (Å²) in [7, 11) is 2.15. The van der Waals surface area contributed by atoms with Crippen LogP contribution in [0.4, 0.5) is 5.69 Å². The number of rotatable bonds is 4.